The minimum atomic E-state index is -0.0572. The molecule has 5 nitrogen and oxygen atoms in total. The van der Waals surface area contributed by atoms with Crippen molar-refractivity contribution in [3.63, 3.8) is 0 Å². The molecule has 39 heavy (non-hydrogen) atoms. The second-order valence-electron chi connectivity index (χ2n) is 9.72. The van der Waals surface area contributed by atoms with Gasteiger partial charge in [0.2, 0.25) is 0 Å². The summed E-state index contributed by atoms with van der Waals surface area (Å²) >= 11 is 6.35. The summed E-state index contributed by atoms with van der Waals surface area (Å²) in [6.07, 6.45) is 0.821. The SMILES string of the molecule is Cc1cccc(-n2c(SCC(=O)c3ccc(Br)cc3)nc3sc4c(c3c2=O)CCN(Cc2ccccc2)C4)c1. The average Bonchev–Trinajstić information content (AvgIpc) is 3.30. The molecule has 0 saturated heterocycles. The highest BCUT2D eigenvalue weighted by Gasteiger charge is 2.26. The quantitative estimate of drug-likeness (QED) is 0.111. The molecule has 2 aromatic heterocycles. The molecule has 0 saturated carbocycles. The average molecular weight is 617 g/mol. The Labute approximate surface area is 243 Å². The van der Waals surface area contributed by atoms with Gasteiger partial charge >= 0.3 is 0 Å². The number of hydrogen-bond acceptors (Lipinski definition) is 6. The fraction of sp³-hybridized carbons (Fsp3) is 0.194. The highest BCUT2D eigenvalue weighted by atomic mass is 79.9. The normalized spacial score (nSPS) is 13.5. The number of thioether (sulfide) groups is 1. The first-order valence-corrected chi connectivity index (χ1v) is 15.4. The third-order valence-electron chi connectivity index (χ3n) is 6.93. The molecule has 0 unspecified atom stereocenters. The van der Waals surface area contributed by atoms with E-state index >= 15 is 0 Å². The molecule has 3 heterocycles. The molecule has 196 valence electrons. The highest BCUT2D eigenvalue weighted by Crippen LogP contribution is 2.35. The second kappa shape index (κ2) is 11.2. The number of aromatic nitrogens is 2. The zero-order valence-corrected chi connectivity index (χ0v) is 24.6. The number of benzene rings is 3. The highest BCUT2D eigenvalue weighted by molar-refractivity contribution is 9.10. The molecule has 6 rings (SSSR count). The Bertz CT molecular complexity index is 1730. The number of halogens is 1. The molecule has 0 spiro atoms. The zero-order chi connectivity index (χ0) is 26.9. The van der Waals surface area contributed by atoms with Crippen LogP contribution in [0.5, 0.6) is 0 Å². The number of hydrogen-bond donors (Lipinski definition) is 0. The van der Waals surface area contributed by atoms with Gasteiger partial charge in [0.25, 0.3) is 5.56 Å². The molecule has 0 N–H and O–H groups in total. The maximum atomic E-state index is 14.1. The Morgan fingerprint density at radius 1 is 1.05 bits per heavy atom. The number of nitrogens with zero attached hydrogens (tertiary/aromatic N) is 3. The molecule has 0 aliphatic carbocycles. The van der Waals surface area contributed by atoms with Crippen molar-refractivity contribution in [3.8, 4) is 5.69 Å². The van der Waals surface area contributed by atoms with Crippen LogP contribution < -0.4 is 5.56 Å². The lowest BCUT2D eigenvalue weighted by Crippen LogP contribution is -2.30. The lowest BCUT2D eigenvalue weighted by molar-refractivity contribution is 0.102. The summed E-state index contributed by atoms with van der Waals surface area (Å²) in [5.41, 5.74) is 4.83. The van der Waals surface area contributed by atoms with Crippen molar-refractivity contribution in [1.29, 1.82) is 0 Å². The zero-order valence-electron chi connectivity index (χ0n) is 21.4. The number of aryl methyl sites for hydroxylation is 1. The van der Waals surface area contributed by atoms with Crippen molar-refractivity contribution >= 4 is 55.0 Å². The first-order chi connectivity index (χ1) is 19.0. The monoisotopic (exact) mass is 615 g/mol. The number of rotatable bonds is 7. The summed E-state index contributed by atoms with van der Waals surface area (Å²) < 4.78 is 2.62. The van der Waals surface area contributed by atoms with Crippen LogP contribution in [0, 0.1) is 6.92 Å². The summed E-state index contributed by atoms with van der Waals surface area (Å²) in [4.78, 5) is 36.5. The van der Waals surface area contributed by atoms with Crippen LogP contribution in [-0.4, -0.2) is 32.5 Å². The Hall–Kier alpha value is -3.04. The minimum Gasteiger partial charge on any atom is -0.294 e. The Kier molecular flexibility index (Phi) is 7.53. The van der Waals surface area contributed by atoms with Gasteiger partial charge in [-0.25, -0.2) is 4.98 Å². The van der Waals surface area contributed by atoms with Crippen LogP contribution in [0.2, 0.25) is 0 Å². The second-order valence-corrected chi connectivity index (χ2v) is 12.7. The van der Waals surface area contributed by atoms with Crippen molar-refractivity contribution in [2.45, 2.75) is 31.6 Å². The van der Waals surface area contributed by atoms with Crippen LogP contribution in [-0.2, 0) is 19.5 Å². The molecule has 8 heteroatoms. The van der Waals surface area contributed by atoms with Gasteiger partial charge in [0.15, 0.2) is 10.9 Å². The third kappa shape index (κ3) is 5.52. The number of carbonyl (C=O) groups is 1. The maximum absolute atomic E-state index is 14.1. The van der Waals surface area contributed by atoms with E-state index in [9.17, 15) is 9.59 Å². The van der Waals surface area contributed by atoms with E-state index in [2.05, 4.69) is 45.1 Å². The van der Waals surface area contributed by atoms with E-state index in [1.165, 1.54) is 22.2 Å². The van der Waals surface area contributed by atoms with Gasteiger partial charge in [-0.3, -0.25) is 19.1 Å². The fourth-order valence-corrected chi connectivity index (χ4v) is 7.47. The van der Waals surface area contributed by atoms with Gasteiger partial charge in [0, 0.05) is 34.5 Å². The summed E-state index contributed by atoms with van der Waals surface area (Å²) in [6.45, 7) is 4.60. The van der Waals surface area contributed by atoms with Gasteiger partial charge in [0.1, 0.15) is 4.83 Å². The van der Waals surface area contributed by atoms with E-state index in [-0.39, 0.29) is 17.1 Å². The van der Waals surface area contributed by atoms with Crippen molar-refractivity contribution in [2.75, 3.05) is 12.3 Å². The van der Waals surface area contributed by atoms with Crippen LogP contribution in [0.1, 0.15) is 31.9 Å². The number of fused-ring (bicyclic) bond motifs is 3. The van der Waals surface area contributed by atoms with E-state index in [4.69, 9.17) is 4.98 Å². The van der Waals surface area contributed by atoms with E-state index in [1.54, 1.807) is 15.9 Å². The van der Waals surface area contributed by atoms with E-state index in [0.717, 1.165) is 57.6 Å². The van der Waals surface area contributed by atoms with Gasteiger partial charge in [0.05, 0.1) is 16.8 Å². The molecule has 0 amide bonds. The van der Waals surface area contributed by atoms with Crippen LogP contribution in [0.4, 0.5) is 0 Å². The van der Waals surface area contributed by atoms with Crippen molar-refractivity contribution < 1.29 is 4.79 Å². The van der Waals surface area contributed by atoms with Gasteiger partial charge in [-0.1, -0.05) is 82.3 Å². The number of Topliss-reactive ketones (excluding diaryl/α,β-unsaturated/α-hetero) is 1. The molecule has 5 aromatic rings. The first-order valence-electron chi connectivity index (χ1n) is 12.8. The summed E-state index contributed by atoms with van der Waals surface area (Å²) in [6, 6.07) is 25.7. The molecule has 0 fully saturated rings. The lowest BCUT2D eigenvalue weighted by Gasteiger charge is -2.26. The van der Waals surface area contributed by atoms with Gasteiger partial charge in [-0.2, -0.15) is 0 Å². The number of thiophene rings is 1. The molecule has 0 atom stereocenters. The molecule has 3 aromatic carbocycles. The van der Waals surface area contributed by atoms with Crippen LogP contribution >= 0.6 is 39.0 Å². The molecular formula is C31H26BrN3O2S2. The number of carbonyl (C=O) groups excluding carboxylic acids is 1. The van der Waals surface area contributed by atoms with E-state index < -0.39 is 0 Å². The van der Waals surface area contributed by atoms with Crippen LogP contribution in [0.3, 0.4) is 0 Å². The minimum absolute atomic E-state index is 0.000309. The summed E-state index contributed by atoms with van der Waals surface area (Å²) in [5, 5.41) is 1.27. The smallest absolute Gasteiger partial charge is 0.267 e. The summed E-state index contributed by atoms with van der Waals surface area (Å²) in [5.74, 6) is 0.195. The fourth-order valence-electron chi connectivity index (χ4n) is 4.99. The Morgan fingerprint density at radius 3 is 2.62 bits per heavy atom. The predicted molar refractivity (Wildman–Crippen MR) is 163 cm³/mol. The molecule has 0 radical (unpaired) electrons. The summed E-state index contributed by atoms with van der Waals surface area (Å²) in [7, 11) is 0. The molecular weight excluding hydrogens is 590 g/mol. The Morgan fingerprint density at radius 2 is 1.85 bits per heavy atom. The number of ketones is 1. The third-order valence-corrected chi connectivity index (χ3v) is 9.51. The Balaban J connectivity index is 1.37. The van der Waals surface area contributed by atoms with Crippen molar-refractivity contribution in [2.24, 2.45) is 0 Å². The first kappa shape index (κ1) is 26.2. The topological polar surface area (TPSA) is 55.2 Å². The van der Waals surface area contributed by atoms with Gasteiger partial charge in [-0.05, 0) is 54.3 Å². The largest absolute Gasteiger partial charge is 0.294 e. The standard InChI is InChI=1S/C31H26BrN3O2S2/c1-20-6-5-9-24(16-20)35-30(37)28-25-14-15-34(17-21-7-3-2-4-8-21)18-27(25)39-29(28)33-31(35)38-19-26(36)22-10-12-23(32)13-11-22/h2-13,16H,14-15,17-19H2,1H3. The van der Waals surface area contributed by atoms with Crippen molar-refractivity contribution in [3.05, 3.63) is 121 Å². The van der Waals surface area contributed by atoms with Gasteiger partial charge < -0.3 is 0 Å². The predicted octanol–water partition coefficient (Wildman–Crippen LogP) is 7.05. The molecule has 1 aliphatic rings. The lowest BCUT2D eigenvalue weighted by atomic mass is 10.0. The van der Waals surface area contributed by atoms with Crippen LogP contribution in [0.15, 0.2) is 93.3 Å². The van der Waals surface area contributed by atoms with Crippen LogP contribution in [0.25, 0.3) is 15.9 Å². The van der Waals surface area contributed by atoms with E-state index in [1.807, 2.05) is 61.5 Å². The molecule has 0 bridgehead atoms. The van der Waals surface area contributed by atoms with Crippen molar-refractivity contribution in [1.82, 2.24) is 14.5 Å². The molecule has 1 aliphatic heterocycles. The maximum Gasteiger partial charge on any atom is 0.267 e. The van der Waals surface area contributed by atoms with E-state index in [0.29, 0.717) is 10.7 Å². The van der Waals surface area contributed by atoms with Gasteiger partial charge in [-0.15, -0.1) is 11.3 Å².